The second-order valence-electron chi connectivity index (χ2n) is 6.26. The average Bonchev–Trinajstić information content (AvgIpc) is 3.06. The van der Waals surface area contributed by atoms with E-state index in [9.17, 15) is 13.2 Å². The smallest absolute Gasteiger partial charge is 0.238 e. The zero-order valence-corrected chi connectivity index (χ0v) is 18.0. The van der Waals surface area contributed by atoms with Crippen molar-refractivity contribution in [3.63, 3.8) is 0 Å². The van der Waals surface area contributed by atoms with Gasteiger partial charge in [-0.1, -0.05) is 47.6 Å². The van der Waals surface area contributed by atoms with E-state index in [-0.39, 0.29) is 16.6 Å². The first kappa shape index (κ1) is 22.1. The van der Waals surface area contributed by atoms with Gasteiger partial charge in [-0.3, -0.25) is 4.79 Å². The van der Waals surface area contributed by atoms with Crippen LogP contribution in [-0.4, -0.2) is 41.5 Å². The van der Waals surface area contributed by atoms with Gasteiger partial charge in [0.15, 0.2) is 5.82 Å². The highest BCUT2D eigenvalue weighted by Crippen LogP contribution is 2.23. The number of carbonyl (C=O) groups is 1. The van der Waals surface area contributed by atoms with E-state index in [1.54, 1.807) is 30.3 Å². The number of carbonyl (C=O) groups excluding carboxylic acids is 1. The van der Waals surface area contributed by atoms with Gasteiger partial charge in [-0.2, -0.15) is 0 Å². The maximum absolute atomic E-state index is 12.1. The van der Waals surface area contributed by atoms with Gasteiger partial charge in [-0.05, 0) is 36.2 Å². The van der Waals surface area contributed by atoms with Crippen molar-refractivity contribution in [2.75, 3.05) is 18.1 Å². The lowest BCUT2D eigenvalue weighted by Crippen LogP contribution is -2.27. The number of benzene rings is 2. The monoisotopic (exact) mass is 466 g/mol. The van der Waals surface area contributed by atoms with Crippen molar-refractivity contribution >= 4 is 39.3 Å². The maximum atomic E-state index is 12.1. The minimum atomic E-state index is -3.71. The lowest BCUT2D eigenvalue weighted by Gasteiger charge is -2.06. The van der Waals surface area contributed by atoms with Crippen LogP contribution in [0.4, 0.5) is 0 Å². The van der Waals surface area contributed by atoms with Crippen LogP contribution in [0.3, 0.4) is 0 Å². The van der Waals surface area contributed by atoms with Gasteiger partial charge in [0.05, 0.1) is 10.6 Å². The molecular formula is C18H19ClN6O3S2. The highest BCUT2D eigenvalue weighted by atomic mass is 35.5. The third kappa shape index (κ3) is 5.72. The van der Waals surface area contributed by atoms with E-state index in [1.165, 1.54) is 16.8 Å². The van der Waals surface area contributed by atoms with Crippen LogP contribution in [0.1, 0.15) is 5.56 Å². The van der Waals surface area contributed by atoms with Crippen molar-refractivity contribution in [2.45, 2.75) is 16.5 Å². The molecule has 5 N–H and O–H groups in total. The van der Waals surface area contributed by atoms with E-state index in [4.69, 9.17) is 22.6 Å². The minimum absolute atomic E-state index is 0.0507. The van der Waals surface area contributed by atoms with Crippen molar-refractivity contribution in [1.29, 1.82) is 0 Å². The molecule has 0 aliphatic heterocycles. The molecule has 0 radical (unpaired) electrons. The Labute approximate surface area is 182 Å². The molecule has 0 saturated heterocycles. The summed E-state index contributed by atoms with van der Waals surface area (Å²) in [7, 11) is -3.71. The number of amides is 1. The second-order valence-corrected chi connectivity index (χ2v) is 9.20. The molecule has 0 aliphatic carbocycles. The molecule has 9 nitrogen and oxygen atoms in total. The number of rotatable bonds is 8. The molecule has 1 heterocycles. The molecule has 0 unspecified atom stereocenters. The fraction of sp³-hybridized carbons (Fsp3) is 0.167. The topological polar surface area (TPSA) is 146 Å². The number of aromatic nitrogens is 3. The lowest BCUT2D eigenvalue weighted by atomic mass is 10.1. The zero-order valence-electron chi connectivity index (χ0n) is 15.7. The standard InChI is InChI=1S/C18H19ClN6O3S2/c19-14-3-1-2-13(10-14)17-23-24-18(25(17)20)29-11-16(26)22-9-8-12-4-6-15(7-5-12)30(21,27)28/h1-7,10H,8-9,11,20H2,(H,22,26)(H2,21,27,28). The molecule has 0 atom stereocenters. The highest BCUT2D eigenvalue weighted by molar-refractivity contribution is 7.99. The van der Waals surface area contributed by atoms with Crippen molar-refractivity contribution in [3.05, 3.63) is 59.1 Å². The molecule has 0 fully saturated rings. The Hall–Kier alpha value is -2.60. The first-order valence-corrected chi connectivity index (χ1v) is 11.6. The predicted molar refractivity (Wildman–Crippen MR) is 116 cm³/mol. The molecule has 3 rings (SSSR count). The molecule has 3 aromatic rings. The fourth-order valence-corrected chi connectivity index (χ4v) is 3.97. The van der Waals surface area contributed by atoms with Crippen molar-refractivity contribution in [2.24, 2.45) is 5.14 Å². The van der Waals surface area contributed by atoms with Crippen LogP contribution >= 0.6 is 23.4 Å². The molecule has 2 aromatic carbocycles. The highest BCUT2D eigenvalue weighted by Gasteiger charge is 2.14. The number of primary sulfonamides is 1. The predicted octanol–water partition coefficient (Wildman–Crippen LogP) is 1.41. The number of nitrogen functional groups attached to an aromatic ring is 1. The van der Waals surface area contributed by atoms with Crippen LogP contribution in [0.15, 0.2) is 58.6 Å². The van der Waals surface area contributed by atoms with E-state index in [0.717, 1.165) is 22.9 Å². The number of halogens is 1. The van der Waals surface area contributed by atoms with Crippen LogP contribution in [0.2, 0.25) is 5.02 Å². The first-order chi connectivity index (χ1) is 14.2. The summed E-state index contributed by atoms with van der Waals surface area (Å²) in [5.41, 5.74) is 1.60. The van der Waals surface area contributed by atoms with Crippen LogP contribution in [0, 0.1) is 0 Å². The molecular weight excluding hydrogens is 448 g/mol. The molecule has 0 aliphatic rings. The van der Waals surface area contributed by atoms with Crippen LogP contribution in [0.25, 0.3) is 11.4 Å². The third-order valence-corrected chi connectivity index (χ3v) is 6.17. The molecule has 0 spiro atoms. The first-order valence-electron chi connectivity index (χ1n) is 8.72. The van der Waals surface area contributed by atoms with Crippen LogP contribution in [-0.2, 0) is 21.2 Å². The number of nitrogens with two attached hydrogens (primary N) is 2. The molecule has 1 amide bonds. The number of nitrogens with zero attached hydrogens (tertiary/aromatic N) is 3. The van der Waals surface area contributed by atoms with Gasteiger partial charge in [0.25, 0.3) is 0 Å². The zero-order chi connectivity index (χ0) is 21.7. The molecule has 1 aromatic heterocycles. The van der Waals surface area contributed by atoms with Crippen LogP contribution in [0.5, 0.6) is 0 Å². The fourth-order valence-electron chi connectivity index (χ4n) is 2.57. The van der Waals surface area contributed by atoms with E-state index in [1.807, 2.05) is 6.07 Å². The van der Waals surface area contributed by atoms with Crippen LogP contribution < -0.4 is 16.3 Å². The molecule has 0 saturated carbocycles. The van der Waals surface area contributed by atoms with E-state index < -0.39 is 10.0 Å². The summed E-state index contributed by atoms with van der Waals surface area (Å²) in [5, 5.41) is 16.9. The number of hydrogen-bond donors (Lipinski definition) is 3. The molecule has 158 valence electrons. The van der Waals surface area contributed by atoms with Crippen molar-refractivity contribution in [3.8, 4) is 11.4 Å². The third-order valence-electron chi connectivity index (χ3n) is 4.07. The summed E-state index contributed by atoms with van der Waals surface area (Å²) in [5.74, 6) is 6.42. The number of hydrogen-bond acceptors (Lipinski definition) is 7. The van der Waals surface area contributed by atoms with Crippen molar-refractivity contribution < 1.29 is 13.2 Å². The summed E-state index contributed by atoms with van der Waals surface area (Å²) in [6.45, 7) is 0.400. The number of thioether (sulfide) groups is 1. The van der Waals surface area contributed by atoms with Gasteiger partial charge in [0, 0.05) is 17.1 Å². The summed E-state index contributed by atoms with van der Waals surface area (Å²) >= 11 is 7.15. The Bertz CT molecular complexity index is 1150. The SMILES string of the molecule is Nn1c(SCC(=O)NCCc2ccc(S(N)(=O)=O)cc2)nnc1-c1cccc(Cl)c1. The lowest BCUT2D eigenvalue weighted by molar-refractivity contribution is -0.118. The summed E-state index contributed by atoms with van der Waals surface area (Å²) < 4.78 is 23.8. The Kier molecular flexibility index (Phi) is 6.98. The Morgan fingerprint density at radius 1 is 1.17 bits per heavy atom. The summed E-state index contributed by atoms with van der Waals surface area (Å²) in [6.07, 6.45) is 0.549. The molecule has 0 bridgehead atoms. The summed E-state index contributed by atoms with van der Waals surface area (Å²) in [4.78, 5) is 12.1. The summed E-state index contributed by atoms with van der Waals surface area (Å²) in [6, 6.07) is 13.3. The van der Waals surface area contributed by atoms with Gasteiger partial charge in [-0.25, -0.2) is 18.2 Å². The minimum Gasteiger partial charge on any atom is -0.355 e. The van der Waals surface area contributed by atoms with Gasteiger partial charge < -0.3 is 11.2 Å². The second kappa shape index (κ2) is 9.47. The Balaban J connectivity index is 1.48. The van der Waals surface area contributed by atoms with Gasteiger partial charge in [-0.15, -0.1) is 10.2 Å². The quantitative estimate of drug-likeness (QED) is 0.336. The van der Waals surface area contributed by atoms with Gasteiger partial charge in [0.2, 0.25) is 21.1 Å². The molecule has 30 heavy (non-hydrogen) atoms. The average molecular weight is 467 g/mol. The Morgan fingerprint density at radius 2 is 1.90 bits per heavy atom. The van der Waals surface area contributed by atoms with E-state index >= 15 is 0 Å². The Morgan fingerprint density at radius 3 is 2.57 bits per heavy atom. The van der Waals surface area contributed by atoms with E-state index in [2.05, 4.69) is 15.5 Å². The van der Waals surface area contributed by atoms with Gasteiger partial charge >= 0.3 is 0 Å². The normalized spacial score (nSPS) is 11.4. The number of sulfonamides is 1. The van der Waals surface area contributed by atoms with E-state index in [0.29, 0.717) is 29.0 Å². The number of nitrogens with one attached hydrogen (secondary N) is 1. The van der Waals surface area contributed by atoms with Crippen molar-refractivity contribution in [1.82, 2.24) is 20.2 Å². The maximum Gasteiger partial charge on any atom is 0.238 e. The van der Waals surface area contributed by atoms with Gasteiger partial charge in [0.1, 0.15) is 0 Å². The molecule has 12 heteroatoms. The largest absolute Gasteiger partial charge is 0.355 e.